The molecule has 39 heavy (non-hydrogen) atoms. The Morgan fingerprint density at radius 2 is 1.92 bits per heavy atom. The normalized spacial score (nSPS) is 18.4. The fourth-order valence-corrected chi connectivity index (χ4v) is 7.21. The molecule has 0 saturated carbocycles. The maximum absolute atomic E-state index is 15.3. The molecule has 0 fully saturated rings. The van der Waals surface area contributed by atoms with E-state index >= 15 is 4.39 Å². The van der Waals surface area contributed by atoms with Crippen molar-refractivity contribution in [1.29, 1.82) is 0 Å². The van der Waals surface area contributed by atoms with Gasteiger partial charge in [-0.05, 0) is 60.4 Å². The molecule has 0 amide bonds. The molecule has 0 aliphatic carbocycles. The van der Waals surface area contributed by atoms with Gasteiger partial charge in [0, 0.05) is 23.0 Å². The summed E-state index contributed by atoms with van der Waals surface area (Å²) >= 11 is 6.26. The SMILES string of the molecule is Cc1ccc(F)c(C(C)[C@@H](c2n[nH]c(=O)o2)N2CC(OCc3ccccc3)c3cc(Cl)ccc3S2(=O)=O)c1C. The molecular weight excluding hydrogens is 545 g/mol. The summed E-state index contributed by atoms with van der Waals surface area (Å²) in [5.41, 5.74) is 3.14. The highest BCUT2D eigenvalue weighted by Crippen LogP contribution is 2.45. The van der Waals surface area contributed by atoms with Gasteiger partial charge in [0.2, 0.25) is 15.9 Å². The molecule has 4 aromatic rings. The highest BCUT2D eigenvalue weighted by atomic mass is 35.5. The summed E-state index contributed by atoms with van der Waals surface area (Å²) in [6, 6.07) is 15.8. The molecule has 0 saturated heterocycles. The van der Waals surface area contributed by atoms with Crippen molar-refractivity contribution in [1.82, 2.24) is 14.5 Å². The predicted molar refractivity (Wildman–Crippen MR) is 143 cm³/mol. The number of aromatic amines is 1. The number of fused-ring (bicyclic) bond motifs is 1. The summed E-state index contributed by atoms with van der Waals surface area (Å²) in [7, 11) is -4.19. The quantitative estimate of drug-likeness (QED) is 0.310. The van der Waals surface area contributed by atoms with Crippen LogP contribution in [0.1, 0.15) is 58.7 Å². The summed E-state index contributed by atoms with van der Waals surface area (Å²) in [4.78, 5) is 12.0. The molecule has 0 bridgehead atoms. The lowest BCUT2D eigenvalue weighted by molar-refractivity contribution is 0.0132. The molecule has 3 aromatic carbocycles. The lowest BCUT2D eigenvalue weighted by Crippen LogP contribution is -2.44. The van der Waals surface area contributed by atoms with Gasteiger partial charge in [-0.2, -0.15) is 4.31 Å². The van der Waals surface area contributed by atoms with Crippen molar-refractivity contribution in [2.75, 3.05) is 6.54 Å². The van der Waals surface area contributed by atoms with Gasteiger partial charge in [0.1, 0.15) is 11.9 Å². The van der Waals surface area contributed by atoms with Crippen LogP contribution < -0.4 is 5.76 Å². The van der Waals surface area contributed by atoms with E-state index in [9.17, 15) is 13.2 Å². The first-order chi connectivity index (χ1) is 18.6. The van der Waals surface area contributed by atoms with Gasteiger partial charge in [-0.15, -0.1) is 5.10 Å². The van der Waals surface area contributed by atoms with Gasteiger partial charge in [-0.1, -0.05) is 54.9 Å². The van der Waals surface area contributed by atoms with E-state index in [0.717, 1.165) is 11.1 Å². The van der Waals surface area contributed by atoms with E-state index in [1.807, 2.05) is 37.3 Å². The van der Waals surface area contributed by atoms with E-state index in [1.165, 1.54) is 22.5 Å². The van der Waals surface area contributed by atoms with Crippen molar-refractivity contribution in [3.8, 4) is 0 Å². The van der Waals surface area contributed by atoms with Crippen molar-refractivity contribution in [3.05, 3.63) is 116 Å². The number of rotatable bonds is 7. The molecule has 1 aromatic heterocycles. The van der Waals surface area contributed by atoms with Crippen LogP contribution in [0.2, 0.25) is 5.02 Å². The van der Waals surface area contributed by atoms with Crippen LogP contribution >= 0.6 is 11.6 Å². The number of aryl methyl sites for hydroxylation is 1. The van der Waals surface area contributed by atoms with Gasteiger partial charge >= 0.3 is 5.76 Å². The van der Waals surface area contributed by atoms with Crippen molar-refractivity contribution < 1.29 is 22.0 Å². The third-order valence-electron chi connectivity index (χ3n) is 7.22. The molecule has 1 aliphatic heterocycles. The molecule has 1 N–H and O–H groups in total. The van der Waals surface area contributed by atoms with Gasteiger partial charge in [0.05, 0.1) is 17.6 Å². The first kappa shape index (κ1) is 27.3. The van der Waals surface area contributed by atoms with E-state index in [4.69, 9.17) is 20.8 Å². The Hall–Kier alpha value is -3.31. The first-order valence-corrected chi connectivity index (χ1v) is 14.2. The van der Waals surface area contributed by atoms with Crippen LogP contribution in [-0.2, 0) is 21.4 Å². The second-order valence-corrected chi connectivity index (χ2v) is 11.9. The zero-order chi connectivity index (χ0) is 27.9. The number of ether oxygens (including phenoxy) is 1. The first-order valence-electron chi connectivity index (χ1n) is 12.4. The van der Waals surface area contributed by atoms with E-state index in [0.29, 0.717) is 21.7 Å². The minimum absolute atomic E-state index is 0.00716. The second kappa shape index (κ2) is 10.7. The summed E-state index contributed by atoms with van der Waals surface area (Å²) < 4.78 is 56.2. The fraction of sp³-hybridized carbons (Fsp3) is 0.286. The largest absolute Gasteiger partial charge is 0.434 e. The molecule has 8 nitrogen and oxygen atoms in total. The smallest absolute Gasteiger partial charge is 0.391 e. The van der Waals surface area contributed by atoms with Gasteiger partial charge in [-0.3, -0.25) is 0 Å². The molecule has 204 valence electrons. The Kier molecular flexibility index (Phi) is 7.47. The van der Waals surface area contributed by atoms with Crippen LogP contribution in [0.5, 0.6) is 0 Å². The minimum Gasteiger partial charge on any atom is -0.391 e. The molecule has 3 atom stereocenters. The average Bonchev–Trinajstić information content (AvgIpc) is 3.33. The van der Waals surface area contributed by atoms with Gasteiger partial charge in [0.25, 0.3) is 0 Å². The summed E-state index contributed by atoms with van der Waals surface area (Å²) in [6.07, 6.45) is -0.716. The lowest BCUT2D eigenvalue weighted by Gasteiger charge is -2.39. The molecule has 1 aliphatic rings. The van der Waals surface area contributed by atoms with Crippen LogP contribution in [0.3, 0.4) is 0 Å². The number of hydrogen-bond acceptors (Lipinski definition) is 6. The average molecular weight is 572 g/mol. The van der Waals surface area contributed by atoms with Crippen molar-refractivity contribution >= 4 is 21.6 Å². The number of halogens is 2. The summed E-state index contributed by atoms with van der Waals surface area (Å²) in [5, 5.41) is 6.56. The Morgan fingerprint density at radius 3 is 2.62 bits per heavy atom. The predicted octanol–water partition coefficient (Wildman–Crippen LogP) is 5.58. The Bertz CT molecular complexity index is 1670. The summed E-state index contributed by atoms with van der Waals surface area (Å²) in [5.74, 6) is -2.29. The number of nitrogens with zero attached hydrogens (tertiary/aromatic N) is 2. The molecule has 2 unspecified atom stereocenters. The second-order valence-electron chi connectivity index (χ2n) is 9.63. The van der Waals surface area contributed by atoms with Crippen LogP contribution in [-0.4, -0.2) is 29.5 Å². The Morgan fingerprint density at radius 1 is 1.18 bits per heavy atom. The van der Waals surface area contributed by atoms with Gasteiger partial charge in [0.15, 0.2) is 0 Å². The molecule has 0 spiro atoms. The minimum atomic E-state index is -4.19. The van der Waals surface area contributed by atoms with Gasteiger partial charge in [-0.25, -0.2) is 22.7 Å². The standard InChI is InChI=1S/C28H27ClFN3O5S/c1-16-9-11-22(30)25(17(16)2)18(3)26(27-31-32-28(34)38-27)33-14-23(37-15-19-7-5-4-6-8-19)21-13-20(29)10-12-24(21)39(33,35)36/h4-13,18,23,26H,14-15H2,1-3H3,(H,32,34)/t18?,23?,26-/m0/s1. The number of hydrogen-bond donors (Lipinski definition) is 1. The number of H-pyrrole nitrogens is 1. The van der Waals surface area contributed by atoms with Crippen molar-refractivity contribution in [3.63, 3.8) is 0 Å². The zero-order valence-corrected chi connectivity index (χ0v) is 23.1. The van der Waals surface area contributed by atoms with Crippen LogP contribution in [0.4, 0.5) is 4.39 Å². The molecule has 5 rings (SSSR count). The monoisotopic (exact) mass is 571 g/mol. The topological polar surface area (TPSA) is 106 Å². The van der Waals surface area contributed by atoms with Gasteiger partial charge < -0.3 is 9.15 Å². The van der Waals surface area contributed by atoms with Crippen LogP contribution in [0.25, 0.3) is 0 Å². The van der Waals surface area contributed by atoms with E-state index < -0.39 is 39.7 Å². The number of nitrogens with one attached hydrogen (secondary N) is 1. The highest BCUT2D eigenvalue weighted by Gasteiger charge is 2.46. The highest BCUT2D eigenvalue weighted by molar-refractivity contribution is 7.89. The van der Waals surface area contributed by atoms with E-state index in [-0.39, 0.29) is 23.9 Å². The van der Waals surface area contributed by atoms with E-state index in [2.05, 4.69) is 10.2 Å². The summed E-state index contributed by atoms with van der Waals surface area (Å²) in [6.45, 7) is 5.39. The molecule has 2 heterocycles. The van der Waals surface area contributed by atoms with Crippen molar-refractivity contribution in [2.45, 2.75) is 50.3 Å². The third kappa shape index (κ3) is 5.17. The fourth-order valence-electron chi connectivity index (χ4n) is 5.14. The molecular formula is C28H27ClFN3O5S. The van der Waals surface area contributed by atoms with Crippen molar-refractivity contribution in [2.24, 2.45) is 0 Å². The Labute approximate surface area is 230 Å². The number of sulfonamides is 1. The van der Waals surface area contributed by atoms with Crippen LogP contribution in [0.15, 0.2) is 74.8 Å². The van der Waals surface area contributed by atoms with E-state index in [1.54, 1.807) is 26.0 Å². The molecule has 11 heteroatoms. The lowest BCUT2D eigenvalue weighted by atomic mass is 9.87. The maximum Gasteiger partial charge on any atom is 0.434 e. The number of benzene rings is 3. The third-order valence-corrected chi connectivity index (χ3v) is 9.38. The maximum atomic E-state index is 15.3. The Balaban J connectivity index is 1.64. The molecule has 0 radical (unpaired) electrons. The van der Waals surface area contributed by atoms with Crippen LogP contribution in [0, 0.1) is 19.7 Å². The number of aromatic nitrogens is 2. The zero-order valence-electron chi connectivity index (χ0n) is 21.5.